The highest BCUT2D eigenvalue weighted by Crippen LogP contribution is 2.25. The van der Waals surface area contributed by atoms with Crippen molar-refractivity contribution >= 4 is 15.9 Å². The molecule has 1 fully saturated rings. The van der Waals surface area contributed by atoms with Crippen molar-refractivity contribution in [2.24, 2.45) is 7.05 Å². The molecule has 0 saturated carbocycles. The van der Waals surface area contributed by atoms with Crippen LogP contribution in [-0.2, 0) is 23.5 Å². The van der Waals surface area contributed by atoms with E-state index in [9.17, 15) is 13.2 Å². The maximum absolute atomic E-state index is 13.2. The molecule has 1 amide bonds. The monoisotopic (exact) mass is 443 g/mol. The molecule has 164 valence electrons. The van der Waals surface area contributed by atoms with Crippen LogP contribution in [-0.4, -0.2) is 64.6 Å². The molecule has 9 nitrogen and oxygen atoms in total. The Balaban J connectivity index is 1.48. The quantitative estimate of drug-likeness (QED) is 0.596. The molecule has 10 heteroatoms. The zero-order valence-corrected chi connectivity index (χ0v) is 18.6. The summed E-state index contributed by atoms with van der Waals surface area (Å²) in [6.07, 6.45) is 2.19. The van der Waals surface area contributed by atoms with Gasteiger partial charge in [-0.15, -0.1) is 0 Å². The number of hydrogen-bond donors (Lipinski definition) is 0. The van der Waals surface area contributed by atoms with E-state index in [1.54, 1.807) is 29.6 Å². The molecule has 1 saturated heterocycles. The van der Waals surface area contributed by atoms with E-state index in [4.69, 9.17) is 4.52 Å². The minimum atomic E-state index is -3.72. The van der Waals surface area contributed by atoms with Crippen molar-refractivity contribution in [1.82, 2.24) is 24.1 Å². The lowest BCUT2D eigenvalue weighted by atomic mass is 10.1. The standard InChI is InChI=1S/C21H25N5O4S/c1-15-20(16(2)30-23-15)31(28,29)26-11-9-25(10-12-26)21(27)18-14-22-24(3)19(18)13-17-7-5-4-6-8-17/h4-8,14H,9-13H2,1-3H3. The second-order valence-corrected chi connectivity index (χ2v) is 9.52. The fourth-order valence-electron chi connectivity index (χ4n) is 3.91. The SMILES string of the molecule is Cc1noc(C)c1S(=O)(=O)N1CCN(C(=O)c2cnn(C)c2Cc2ccccc2)CC1. The van der Waals surface area contributed by atoms with Crippen LogP contribution in [0.2, 0.25) is 0 Å². The molecule has 0 unspecified atom stereocenters. The first-order chi connectivity index (χ1) is 14.8. The van der Waals surface area contributed by atoms with Gasteiger partial charge in [-0.1, -0.05) is 35.5 Å². The highest BCUT2D eigenvalue weighted by Gasteiger charge is 2.35. The van der Waals surface area contributed by atoms with E-state index in [1.165, 1.54) is 4.31 Å². The lowest BCUT2D eigenvalue weighted by molar-refractivity contribution is 0.0696. The average molecular weight is 444 g/mol. The Morgan fingerprint density at radius 2 is 1.77 bits per heavy atom. The minimum absolute atomic E-state index is 0.115. The Morgan fingerprint density at radius 1 is 1.10 bits per heavy atom. The number of nitrogens with zero attached hydrogens (tertiary/aromatic N) is 5. The smallest absolute Gasteiger partial charge is 0.257 e. The van der Waals surface area contributed by atoms with E-state index < -0.39 is 10.0 Å². The van der Waals surface area contributed by atoms with Crippen LogP contribution in [0.5, 0.6) is 0 Å². The number of carbonyl (C=O) groups excluding carboxylic acids is 1. The largest absolute Gasteiger partial charge is 0.360 e. The zero-order chi connectivity index (χ0) is 22.2. The predicted octanol–water partition coefficient (Wildman–Crippen LogP) is 1.76. The van der Waals surface area contributed by atoms with Gasteiger partial charge in [0, 0.05) is 39.6 Å². The van der Waals surface area contributed by atoms with Crippen LogP contribution in [0, 0.1) is 13.8 Å². The van der Waals surface area contributed by atoms with Gasteiger partial charge >= 0.3 is 0 Å². The molecule has 2 aromatic heterocycles. The van der Waals surface area contributed by atoms with E-state index in [1.807, 2.05) is 37.4 Å². The molecular formula is C21H25N5O4S. The summed E-state index contributed by atoms with van der Waals surface area (Å²) >= 11 is 0. The van der Waals surface area contributed by atoms with E-state index in [-0.39, 0.29) is 29.7 Å². The number of benzene rings is 1. The summed E-state index contributed by atoms with van der Waals surface area (Å²) in [5, 5.41) is 8.03. The van der Waals surface area contributed by atoms with Gasteiger partial charge in [0.1, 0.15) is 10.6 Å². The number of sulfonamides is 1. The lowest BCUT2D eigenvalue weighted by Gasteiger charge is -2.34. The van der Waals surface area contributed by atoms with Crippen LogP contribution in [0.1, 0.15) is 33.1 Å². The van der Waals surface area contributed by atoms with E-state index in [0.717, 1.165) is 11.3 Å². The van der Waals surface area contributed by atoms with Crippen LogP contribution >= 0.6 is 0 Å². The number of aromatic nitrogens is 3. The first-order valence-corrected chi connectivity index (χ1v) is 11.5. The summed E-state index contributed by atoms with van der Waals surface area (Å²) in [5.41, 5.74) is 2.82. The van der Waals surface area contributed by atoms with Gasteiger partial charge in [-0.2, -0.15) is 9.40 Å². The Bertz CT molecular complexity index is 1170. The van der Waals surface area contributed by atoms with Crippen LogP contribution in [0.3, 0.4) is 0 Å². The maximum atomic E-state index is 13.2. The van der Waals surface area contributed by atoms with Gasteiger partial charge in [-0.05, 0) is 19.4 Å². The Morgan fingerprint density at radius 3 is 2.39 bits per heavy atom. The van der Waals surface area contributed by atoms with Gasteiger partial charge < -0.3 is 9.42 Å². The van der Waals surface area contributed by atoms with Crippen LogP contribution in [0.15, 0.2) is 45.9 Å². The van der Waals surface area contributed by atoms with Gasteiger partial charge in [0.15, 0.2) is 5.76 Å². The molecule has 31 heavy (non-hydrogen) atoms. The molecule has 0 radical (unpaired) electrons. The van der Waals surface area contributed by atoms with Crippen molar-refractivity contribution < 1.29 is 17.7 Å². The molecule has 0 spiro atoms. The highest BCUT2D eigenvalue weighted by molar-refractivity contribution is 7.89. The molecule has 1 aliphatic rings. The van der Waals surface area contributed by atoms with Crippen LogP contribution in [0.4, 0.5) is 0 Å². The third kappa shape index (κ3) is 4.00. The van der Waals surface area contributed by atoms with E-state index >= 15 is 0 Å². The second-order valence-electron chi connectivity index (χ2n) is 7.64. The van der Waals surface area contributed by atoms with Gasteiger partial charge in [0.25, 0.3) is 5.91 Å². The van der Waals surface area contributed by atoms with Crippen molar-refractivity contribution in [3.63, 3.8) is 0 Å². The lowest BCUT2D eigenvalue weighted by Crippen LogP contribution is -2.50. The molecule has 1 aromatic carbocycles. The Kier molecular flexibility index (Phi) is 5.67. The Hall–Kier alpha value is -2.98. The molecular weight excluding hydrogens is 418 g/mol. The summed E-state index contributed by atoms with van der Waals surface area (Å²) in [4.78, 5) is 15.0. The van der Waals surface area contributed by atoms with Crippen LogP contribution in [0.25, 0.3) is 0 Å². The number of hydrogen-bond acceptors (Lipinski definition) is 6. The second kappa shape index (κ2) is 8.27. The van der Waals surface area contributed by atoms with Crippen molar-refractivity contribution in [3.8, 4) is 0 Å². The normalized spacial score (nSPS) is 15.4. The number of piperazine rings is 1. The summed E-state index contributed by atoms with van der Waals surface area (Å²) in [6, 6.07) is 9.91. The first-order valence-electron chi connectivity index (χ1n) is 10.1. The molecule has 0 atom stereocenters. The van der Waals surface area contributed by atoms with E-state index in [0.29, 0.717) is 30.8 Å². The van der Waals surface area contributed by atoms with Gasteiger partial charge in [0.2, 0.25) is 10.0 Å². The van der Waals surface area contributed by atoms with Crippen molar-refractivity contribution in [1.29, 1.82) is 0 Å². The maximum Gasteiger partial charge on any atom is 0.257 e. The summed E-state index contributed by atoms with van der Waals surface area (Å²) in [6.45, 7) is 4.24. The highest BCUT2D eigenvalue weighted by atomic mass is 32.2. The van der Waals surface area contributed by atoms with Gasteiger partial charge in [0.05, 0.1) is 17.5 Å². The molecule has 0 aliphatic carbocycles. The molecule has 3 aromatic rings. The van der Waals surface area contributed by atoms with Crippen LogP contribution < -0.4 is 0 Å². The van der Waals surface area contributed by atoms with Crippen molar-refractivity contribution in [2.45, 2.75) is 25.2 Å². The predicted molar refractivity (Wildman–Crippen MR) is 113 cm³/mol. The number of amides is 1. The third-order valence-electron chi connectivity index (χ3n) is 5.60. The average Bonchev–Trinajstić information content (AvgIpc) is 3.30. The third-order valence-corrected chi connectivity index (χ3v) is 7.74. The number of carbonyl (C=O) groups is 1. The zero-order valence-electron chi connectivity index (χ0n) is 17.8. The van der Waals surface area contributed by atoms with Crippen molar-refractivity contribution in [3.05, 3.63) is 64.8 Å². The number of rotatable bonds is 5. The molecule has 0 N–H and O–H groups in total. The van der Waals surface area contributed by atoms with Crippen molar-refractivity contribution in [2.75, 3.05) is 26.2 Å². The molecule has 3 heterocycles. The summed E-state index contributed by atoms with van der Waals surface area (Å²) in [5.74, 6) is 0.144. The van der Waals surface area contributed by atoms with Gasteiger partial charge in [-0.25, -0.2) is 8.42 Å². The molecule has 1 aliphatic heterocycles. The minimum Gasteiger partial charge on any atom is -0.360 e. The Labute approximate surface area is 181 Å². The topological polar surface area (TPSA) is 102 Å². The molecule has 4 rings (SSSR count). The summed E-state index contributed by atoms with van der Waals surface area (Å²) < 4.78 is 34.1. The summed E-state index contributed by atoms with van der Waals surface area (Å²) in [7, 11) is -1.89. The van der Waals surface area contributed by atoms with Gasteiger partial charge in [-0.3, -0.25) is 9.48 Å². The number of aryl methyl sites for hydroxylation is 3. The fraction of sp³-hybridized carbons (Fsp3) is 0.381. The first kappa shape index (κ1) is 21.3. The molecule has 0 bridgehead atoms. The van der Waals surface area contributed by atoms with E-state index in [2.05, 4.69) is 10.3 Å². The fourth-order valence-corrected chi connectivity index (χ4v) is 5.63.